The maximum atomic E-state index is 12.4. The summed E-state index contributed by atoms with van der Waals surface area (Å²) in [6, 6.07) is 9.06. The standard InChI is InChI=1S/C17H23ClN2OS.ClH/c18-13-3-7-16(8-4-13)22-11-1-2-17(21)20-10-9-14-5-6-15(12-20)19-14;/h3-4,7-8,14-15,19H,1-2,5-6,9-12H2;1H. The van der Waals surface area contributed by atoms with Gasteiger partial charge in [0.15, 0.2) is 0 Å². The SMILES string of the molecule is Cl.O=C(CCCSc1ccc(Cl)cc1)N1CCC2CCC(C1)N2. The number of amides is 1. The molecule has 2 saturated heterocycles. The number of nitrogens with zero attached hydrogens (tertiary/aromatic N) is 1. The minimum atomic E-state index is 0. The zero-order valence-corrected chi connectivity index (χ0v) is 15.6. The number of fused-ring (bicyclic) bond motifs is 2. The molecule has 2 bridgehead atoms. The Hall–Kier alpha value is -0.420. The van der Waals surface area contributed by atoms with Gasteiger partial charge >= 0.3 is 0 Å². The number of carbonyl (C=O) groups excluding carboxylic acids is 1. The molecule has 1 N–H and O–H groups in total. The fourth-order valence-electron chi connectivity index (χ4n) is 3.27. The Morgan fingerprint density at radius 1 is 1.22 bits per heavy atom. The average Bonchev–Trinajstić information content (AvgIpc) is 2.84. The molecule has 1 amide bonds. The molecule has 2 unspecified atom stereocenters. The first kappa shape index (κ1) is 18.9. The molecule has 23 heavy (non-hydrogen) atoms. The first-order valence-electron chi connectivity index (χ1n) is 8.13. The van der Waals surface area contributed by atoms with Crippen LogP contribution in [0.15, 0.2) is 29.2 Å². The number of hydrogen-bond acceptors (Lipinski definition) is 3. The van der Waals surface area contributed by atoms with Crippen molar-refractivity contribution in [1.29, 1.82) is 0 Å². The molecule has 1 aromatic rings. The summed E-state index contributed by atoms with van der Waals surface area (Å²) in [7, 11) is 0. The molecule has 1 aromatic carbocycles. The summed E-state index contributed by atoms with van der Waals surface area (Å²) in [5.41, 5.74) is 0. The summed E-state index contributed by atoms with van der Waals surface area (Å²) in [6.07, 6.45) is 5.22. The molecule has 2 heterocycles. The summed E-state index contributed by atoms with van der Waals surface area (Å²) in [6.45, 7) is 1.83. The lowest BCUT2D eigenvalue weighted by molar-refractivity contribution is -0.131. The third kappa shape index (κ3) is 5.56. The highest BCUT2D eigenvalue weighted by atomic mass is 35.5. The van der Waals surface area contributed by atoms with E-state index in [4.69, 9.17) is 11.6 Å². The Kier molecular flexibility index (Phi) is 7.54. The van der Waals surface area contributed by atoms with Crippen LogP contribution < -0.4 is 5.32 Å². The monoisotopic (exact) mass is 374 g/mol. The summed E-state index contributed by atoms with van der Waals surface area (Å²) < 4.78 is 0. The van der Waals surface area contributed by atoms with E-state index in [0.29, 0.717) is 24.4 Å². The Morgan fingerprint density at radius 3 is 2.74 bits per heavy atom. The van der Waals surface area contributed by atoms with Gasteiger partial charge in [-0.2, -0.15) is 0 Å². The molecular weight excluding hydrogens is 351 g/mol. The van der Waals surface area contributed by atoms with Crippen molar-refractivity contribution < 1.29 is 4.79 Å². The lowest BCUT2D eigenvalue weighted by Gasteiger charge is -2.24. The van der Waals surface area contributed by atoms with E-state index in [1.807, 2.05) is 24.3 Å². The van der Waals surface area contributed by atoms with E-state index >= 15 is 0 Å². The van der Waals surface area contributed by atoms with Crippen molar-refractivity contribution in [2.24, 2.45) is 0 Å². The lowest BCUT2D eigenvalue weighted by Crippen LogP contribution is -2.38. The molecule has 2 fully saturated rings. The lowest BCUT2D eigenvalue weighted by atomic mass is 10.1. The number of halogens is 2. The topological polar surface area (TPSA) is 32.3 Å². The van der Waals surface area contributed by atoms with Gasteiger partial charge in [0.05, 0.1) is 0 Å². The number of rotatable bonds is 5. The van der Waals surface area contributed by atoms with E-state index in [1.165, 1.54) is 17.7 Å². The highest BCUT2D eigenvalue weighted by molar-refractivity contribution is 7.99. The highest BCUT2D eigenvalue weighted by Gasteiger charge is 2.30. The first-order valence-corrected chi connectivity index (χ1v) is 9.49. The molecule has 0 aromatic heterocycles. The van der Waals surface area contributed by atoms with E-state index in [0.717, 1.165) is 36.7 Å². The molecule has 0 spiro atoms. The van der Waals surface area contributed by atoms with Crippen molar-refractivity contribution in [2.45, 2.75) is 49.1 Å². The van der Waals surface area contributed by atoms with Crippen molar-refractivity contribution in [3.63, 3.8) is 0 Å². The van der Waals surface area contributed by atoms with Gasteiger partial charge in [-0.15, -0.1) is 24.2 Å². The van der Waals surface area contributed by atoms with E-state index in [2.05, 4.69) is 10.2 Å². The zero-order valence-electron chi connectivity index (χ0n) is 13.2. The van der Waals surface area contributed by atoms with Crippen molar-refractivity contribution in [2.75, 3.05) is 18.8 Å². The van der Waals surface area contributed by atoms with Gasteiger partial charge in [0.2, 0.25) is 5.91 Å². The molecule has 3 nitrogen and oxygen atoms in total. The molecule has 2 atom stereocenters. The van der Waals surface area contributed by atoms with Gasteiger partial charge in [-0.1, -0.05) is 11.6 Å². The van der Waals surface area contributed by atoms with Crippen molar-refractivity contribution >= 4 is 41.7 Å². The average molecular weight is 375 g/mol. The fraction of sp³-hybridized carbons (Fsp3) is 0.588. The second-order valence-electron chi connectivity index (χ2n) is 6.17. The fourth-order valence-corrected chi connectivity index (χ4v) is 4.25. The van der Waals surface area contributed by atoms with E-state index in [-0.39, 0.29) is 12.4 Å². The van der Waals surface area contributed by atoms with Gasteiger partial charge in [-0.05, 0) is 55.7 Å². The number of likely N-dealkylation sites (tertiary alicyclic amines) is 1. The minimum Gasteiger partial charge on any atom is -0.341 e. The maximum Gasteiger partial charge on any atom is 0.222 e. The zero-order chi connectivity index (χ0) is 15.4. The van der Waals surface area contributed by atoms with Gasteiger partial charge in [-0.3, -0.25) is 4.79 Å². The summed E-state index contributed by atoms with van der Waals surface area (Å²) in [4.78, 5) is 15.6. The van der Waals surface area contributed by atoms with Crippen LogP contribution in [0.2, 0.25) is 5.02 Å². The van der Waals surface area contributed by atoms with Gasteiger partial charge in [0.1, 0.15) is 0 Å². The molecule has 2 aliphatic rings. The summed E-state index contributed by atoms with van der Waals surface area (Å²) in [5.74, 6) is 1.30. The van der Waals surface area contributed by atoms with Crippen LogP contribution in [0.1, 0.15) is 32.1 Å². The predicted molar refractivity (Wildman–Crippen MR) is 99.8 cm³/mol. The molecular formula is C17H24Cl2N2OS. The first-order chi connectivity index (χ1) is 10.7. The molecule has 0 aliphatic carbocycles. The smallest absolute Gasteiger partial charge is 0.222 e. The number of hydrogen-bond donors (Lipinski definition) is 1. The van der Waals surface area contributed by atoms with Crippen LogP contribution in [-0.2, 0) is 4.79 Å². The maximum absolute atomic E-state index is 12.4. The molecule has 128 valence electrons. The van der Waals surface area contributed by atoms with Gasteiger partial charge < -0.3 is 10.2 Å². The number of benzene rings is 1. The third-order valence-corrected chi connectivity index (χ3v) is 5.84. The van der Waals surface area contributed by atoms with Gasteiger partial charge in [0.25, 0.3) is 0 Å². The third-order valence-electron chi connectivity index (χ3n) is 4.49. The van der Waals surface area contributed by atoms with Crippen molar-refractivity contribution in [3.8, 4) is 0 Å². The Labute approximate surface area is 153 Å². The number of carbonyl (C=O) groups is 1. The summed E-state index contributed by atoms with van der Waals surface area (Å²) >= 11 is 7.67. The van der Waals surface area contributed by atoms with Crippen molar-refractivity contribution in [1.82, 2.24) is 10.2 Å². The Balaban J connectivity index is 0.00000192. The largest absolute Gasteiger partial charge is 0.341 e. The van der Waals surface area contributed by atoms with Crippen LogP contribution >= 0.6 is 35.8 Å². The van der Waals surface area contributed by atoms with Crippen molar-refractivity contribution in [3.05, 3.63) is 29.3 Å². The molecule has 3 rings (SSSR count). The normalized spacial score (nSPS) is 23.3. The Bertz CT molecular complexity index is 512. The van der Waals surface area contributed by atoms with Crippen LogP contribution in [0.25, 0.3) is 0 Å². The quantitative estimate of drug-likeness (QED) is 0.624. The van der Waals surface area contributed by atoms with Gasteiger partial charge in [-0.25, -0.2) is 0 Å². The number of thioether (sulfide) groups is 1. The molecule has 2 aliphatic heterocycles. The highest BCUT2D eigenvalue weighted by Crippen LogP contribution is 2.23. The van der Waals surface area contributed by atoms with Crippen LogP contribution in [0.5, 0.6) is 0 Å². The van der Waals surface area contributed by atoms with Crippen LogP contribution in [0, 0.1) is 0 Å². The van der Waals surface area contributed by atoms with E-state index in [1.54, 1.807) is 11.8 Å². The summed E-state index contributed by atoms with van der Waals surface area (Å²) in [5, 5.41) is 4.39. The van der Waals surface area contributed by atoms with Gasteiger partial charge in [0, 0.05) is 41.5 Å². The molecule has 0 saturated carbocycles. The molecule has 6 heteroatoms. The van der Waals surface area contributed by atoms with Crippen LogP contribution in [0.4, 0.5) is 0 Å². The number of nitrogens with one attached hydrogen (secondary N) is 1. The predicted octanol–water partition coefficient (Wildman–Crippen LogP) is 3.99. The van der Waals surface area contributed by atoms with E-state index < -0.39 is 0 Å². The second-order valence-corrected chi connectivity index (χ2v) is 7.78. The Morgan fingerprint density at radius 2 is 1.96 bits per heavy atom. The van der Waals surface area contributed by atoms with E-state index in [9.17, 15) is 4.79 Å². The van der Waals surface area contributed by atoms with Crippen LogP contribution in [-0.4, -0.2) is 41.7 Å². The van der Waals surface area contributed by atoms with Crippen LogP contribution in [0.3, 0.4) is 0 Å². The molecule has 0 radical (unpaired) electrons. The minimum absolute atomic E-state index is 0. The second kappa shape index (κ2) is 9.16.